The summed E-state index contributed by atoms with van der Waals surface area (Å²) >= 11 is 1.28. The van der Waals surface area contributed by atoms with E-state index in [2.05, 4.69) is 4.98 Å². The van der Waals surface area contributed by atoms with E-state index in [-0.39, 0.29) is 0 Å². The highest BCUT2D eigenvalue weighted by Crippen LogP contribution is 2.29. The van der Waals surface area contributed by atoms with Gasteiger partial charge in [-0.3, -0.25) is 0 Å². The maximum absolute atomic E-state index is 9.91. The van der Waals surface area contributed by atoms with Crippen LogP contribution in [-0.2, 0) is 0 Å². The average Bonchev–Trinajstić information content (AvgIpc) is 2.79. The first-order valence-corrected chi connectivity index (χ1v) is 7.37. The van der Waals surface area contributed by atoms with Gasteiger partial charge in [-0.1, -0.05) is 0 Å². The third-order valence-electron chi connectivity index (χ3n) is 3.25. The minimum atomic E-state index is -1.18. The fourth-order valence-electron chi connectivity index (χ4n) is 2.19. The summed E-state index contributed by atoms with van der Waals surface area (Å²) in [5.41, 5.74) is 1.13. The highest BCUT2D eigenvalue weighted by Gasteiger charge is 2.38. The van der Waals surface area contributed by atoms with Crippen LogP contribution < -0.4 is 4.74 Å². The Morgan fingerprint density at radius 2 is 2.05 bits per heavy atom. The fourth-order valence-corrected chi connectivity index (χ4v) is 3.31. The van der Waals surface area contributed by atoms with Crippen LogP contribution in [-0.4, -0.2) is 54.2 Å². The number of aryl methyl sites for hydroxylation is 1. The molecule has 1 saturated heterocycles. The Morgan fingerprint density at radius 3 is 2.85 bits per heavy atom. The van der Waals surface area contributed by atoms with Crippen molar-refractivity contribution < 1.29 is 20.1 Å². The van der Waals surface area contributed by atoms with E-state index in [1.807, 2.05) is 23.6 Å². The van der Waals surface area contributed by atoms with E-state index in [9.17, 15) is 15.3 Å². The molecule has 6 nitrogen and oxygen atoms in total. The van der Waals surface area contributed by atoms with Gasteiger partial charge in [-0.2, -0.15) is 0 Å². The Labute approximate surface area is 120 Å². The van der Waals surface area contributed by atoms with Crippen LogP contribution in [0.1, 0.15) is 5.69 Å². The first-order chi connectivity index (χ1) is 9.54. The molecular weight excluding hydrogens is 280 g/mol. The van der Waals surface area contributed by atoms with Crippen molar-refractivity contribution in [3.05, 3.63) is 30.2 Å². The second-order valence-electron chi connectivity index (χ2n) is 4.88. The molecule has 3 heterocycles. The van der Waals surface area contributed by atoms with Gasteiger partial charge in [-0.25, -0.2) is 4.98 Å². The number of pyridine rings is 1. The smallest absolute Gasteiger partial charge is 0.173 e. The van der Waals surface area contributed by atoms with Crippen molar-refractivity contribution in [1.29, 1.82) is 0 Å². The van der Waals surface area contributed by atoms with E-state index in [0.717, 1.165) is 11.3 Å². The van der Waals surface area contributed by atoms with Gasteiger partial charge in [0.2, 0.25) is 0 Å². The number of thioether (sulfide) groups is 1. The molecule has 2 aromatic heterocycles. The zero-order valence-corrected chi connectivity index (χ0v) is 11.7. The van der Waals surface area contributed by atoms with E-state index >= 15 is 0 Å². The van der Waals surface area contributed by atoms with E-state index in [0.29, 0.717) is 11.5 Å². The summed E-state index contributed by atoms with van der Waals surface area (Å²) < 4.78 is 7.54. The maximum atomic E-state index is 9.91. The van der Waals surface area contributed by atoms with Gasteiger partial charge in [0.05, 0.1) is 18.0 Å². The quantitative estimate of drug-likeness (QED) is 0.733. The van der Waals surface area contributed by atoms with Crippen molar-refractivity contribution in [3.63, 3.8) is 0 Å². The standard InChI is InChI=1S/C13H16N2O4S/c1-7-4-15-5-8(2-3-10(15)14-7)19-13-12(18)11(17)9(16)6-20-13/h2-5,9,11-13,16-18H,6H2,1H3/t9-,11+,12-,13-/m1/s1. The van der Waals surface area contributed by atoms with Gasteiger partial charge in [0, 0.05) is 11.9 Å². The molecule has 0 aromatic carbocycles. The van der Waals surface area contributed by atoms with Gasteiger partial charge >= 0.3 is 0 Å². The first-order valence-electron chi connectivity index (χ1n) is 6.32. The van der Waals surface area contributed by atoms with E-state index in [1.54, 1.807) is 12.3 Å². The zero-order chi connectivity index (χ0) is 14.3. The predicted molar refractivity (Wildman–Crippen MR) is 74.8 cm³/mol. The average molecular weight is 296 g/mol. The molecule has 3 rings (SSSR count). The topological polar surface area (TPSA) is 87.2 Å². The van der Waals surface area contributed by atoms with Gasteiger partial charge in [-0.15, -0.1) is 11.8 Å². The van der Waals surface area contributed by atoms with Crippen LogP contribution in [0.5, 0.6) is 5.75 Å². The molecule has 7 heteroatoms. The second-order valence-corrected chi connectivity index (χ2v) is 6.01. The number of fused-ring (bicyclic) bond motifs is 1. The Balaban J connectivity index is 1.78. The van der Waals surface area contributed by atoms with Crippen molar-refractivity contribution in [2.24, 2.45) is 0 Å². The number of aliphatic hydroxyl groups is 3. The lowest BCUT2D eigenvalue weighted by molar-refractivity contribution is -0.0786. The summed E-state index contributed by atoms with van der Waals surface area (Å²) in [4.78, 5) is 4.32. The van der Waals surface area contributed by atoms with Crippen molar-refractivity contribution >= 4 is 17.4 Å². The summed E-state index contributed by atoms with van der Waals surface area (Å²) in [5.74, 6) is 0.907. The van der Waals surface area contributed by atoms with E-state index in [1.165, 1.54) is 11.8 Å². The first kappa shape index (κ1) is 13.7. The van der Waals surface area contributed by atoms with Crippen LogP contribution in [0.25, 0.3) is 5.65 Å². The Kier molecular flexibility index (Phi) is 3.59. The van der Waals surface area contributed by atoms with Gasteiger partial charge in [-0.05, 0) is 19.1 Å². The number of imidazole rings is 1. The van der Waals surface area contributed by atoms with Crippen LogP contribution in [0.3, 0.4) is 0 Å². The maximum Gasteiger partial charge on any atom is 0.173 e. The summed E-state index contributed by atoms with van der Waals surface area (Å²) in [6.45, 7) is 1.91. The Morgan fingerprint density at radius 1 is 1.25 bits per heavy atom. The summed E-state index contributed by atoms with van der Waals surface area (Å²) in [6, 6.07) is 3.60. The number of aliphatic hydroxyl groups excluding tert-OH is 3. The zero-order valence-electron chi connectivity index (χ0n) is 10.9. The van der Waals surface area contributed by atoms with Crippen molar-refractivity contribution in [3.8, 4) is 5.75 Å². The van der Waals surface area contributed by atoms with Crippen LogP contribution in [0.4, 0.5) is 0 Å². The molecule has 2 aromatic rings. The summed E-state index contributed by atoms with van der Waals surface area (Å²) in [5, 5.41) is 29.1. The van der Waals surface area contributed by atoms with Crippen LogP contribution in [0, 0.1) is 6.92 Å². The number of nitrogens with zero attached hydrogens (tertiary/aromatic N) is 2. The number of rotatable bonds is 2. The lowest BCUT2D eigenvalue weighted by atomic mass is 10.1. The van der Waals surface area contributed by atoms with Gasteiger partial charge in [0.1, 0.15) is 23.6 Å². The number of hydrogen-bond acceptors (Lipinski definition) is 6. The molecule has 20 heavy (non-hydrogen) atoms. The molecule has 1 aliphatic heterocycles. The molecule has 0 amide bonds. The molecule has 4 atom stereocenters. The Hall–Kier alpha value is -1.28. The fraction of sp³-hybridized carbons (Fsp3) is 0.462. The molecule has 0 radical (unpaired) electrons. The van der Waals surface area contributed by atoms with Gasteiger partial charge in [0.15, 0.2) is 5.44 Å². The third-order valence-corrected chi connectivity index (χ3v) is 4.49. The van der Waals surface area contributed by atoms with Gasteiger partial charge < -0.3 is 24.5 Å². The number of aromatic nitrogens is 2. The SMILES string of the molecule is Cc1cn2cc(O[C@@H]3SC[C@@H](O)[C@H](O)[C@H]3O)ccc2n1. The molecule has 0 saturated carbocycles. The molecule has 0 aliphatic carbocycles. The normalized spacial score (nSPS) is 30.6. The van der Waals surface area contributed by atoms with Crippen LogP contribution in [0.15, 0.2) is 24.5 Å². The number of hydrogen-bond donors (Lipinski definition) is 3. The largest absolute Gasteiger partial charge is 0.475 e. The van der Waals surface area contributed by atoms with E-state index < -0.39 is 23.7 Å². The minimum Gasteiger partial charge on any atom is -0.475 e. The van der Waals surface area contributed by atoms with Crippen LogP contribution in [0.2, 0.25) is 0 Å². The monoisotopic (exact) mass is 296 g/mol. The third kappa shape index (κ3) is 2.49. The molecule has 0 bridgehead atoms. The molecule has 108 valence electrons. The van der Waals surface area contributed by atoms with Crippen molar-refractivity contribution in [2.45, 2.75) is 30.7 Å². The summed E-state index contributed by atoms with van der Waals surface area (Å²) in [6.07, 6.45) is 0.434. The van der Waals surface area contributed by atoms with Crippen molar-refractivity contribution in [1.82, 2.24) is 9.38 Å². The lowest BCUT2D eigenvalue weighted by Crippen LogP contribution is -2.50. The highest BCUT2D eigenvalue weighted by atomic mass is 32.2. The van der Waals surface area contributed by atoms with Gasteiger partial charge in [0.25, 0.3) is 0 Å². The Bertz CT molecular complexity index is 617. The summed E-state index contributed by atoms with van der Waals surface area (Å²) in [7, 11) is 0. The molecule has 0 unspecified atom stereocenters. The van der Waals surface area contributed by atoms with Crippen LogP contribution >= 0.6 is 11.8 Å². The number of ether oxygens (including phenoxy) is 1. The minimum absolute atomic E-state index is 0.329. The lowest BCUT2D eigenvalue weighted by Gasteiger charge is -2.34. The van der Waals surface area contributed by atoms with E-state index in [4.69, 9.17) is 4.74 Å². The molecule has 0 spiro atoms. The van der Waals surface area contributed by atoms with Crippen molar-refractivity contribution in [2.75, 3.05) is 5.75 Å². The molecule has 1 aliphatic rings. The molecular formula is C13H16N2O4S. The molecule has 1 fully saturated rings. The highest BCUT2D eigenvalue weighted by molar-refractivity contribution is 7.99. The predicted octanol–water partition coefficient (Wildman–Crippen LogP) is 0.177. The second kappa shape index (κ2) is 5.25. The molecule has 3 N–H and O–H groups in total.